The number of methoxy groups -OCH3 is 1. The smallest absolute Gasteiger partial charge is 0.142 e. The van der Waals surface area contributed by atoms with Gasteiger partial charge in [-0.05, 0) is 17.7 Å². The third-order valence-corrected chi connectivity index (χ3v) is 5.50. The summed E-state index contributed by atoms with van der Waals surface area (Å²) in [5.41, 5.74) is 10.3. The van der Waals surface area contributed by atoms with Gasteiger partial charge in [0.25, 0.3) is 0 Å². The fraction of sp³-hybridized carbons (Fsp3) is 0.211. The minimum absolute atomic E-state index is 0.287. The van der Waals surface area contributed by atoms with Crippen LogP contribution in [0.15, 0.2) is 30.5 Å². The number of para-hydroxylation sites is 1. The molecule has 0 unspecified atom stereocenters. The van der Waals surface area contributed by atoms with E-state index in [-0.39, 0.29) is 5.82 Å². The second kappa shape index (κ2) is 6.75. The molecule has 3 N–H and O–H groups in total. The molecule has 0 saturated heterocycles. The first-order valence-corrected chi connectivity index (χ1v) is 9.06. The van der Waals surface area contributed by atoms with Crippen molar-refractivity contribution in [1.82, 2.24) is 15.3 Å². The SMILES string of the molecule is COc1ccccc1-c1ncc(-c2c(C#N)c(N)nc3c2CNCC3)s1. The molecule has 0 saturated carbocycles. The summed E-state index contributed by atoms with van der Waals surface area (Å²) in [5.74, 6) is 1.06. The first-order chi connectivity index (χ1) is 12.7. The van der Waals surface area contributed by atoms with E-state index in [0.717, 1.165) is 51.0 Å². The number of pyridine rings is 1. The summed E-state index contributed by atoms with van der Waals surface area (Å²) in [6.07, 6.45) is 2.60. The van der Waals surface area contributed by atoms with Gasteiger partial charge >= 0.3 is 0 Å². The molecule has 0 fully saturated rings. The van der Waals surface area contributed by atoms with Crippen LogP contribution in [0, 0.1) is 11.3 Å². The molecule has 1 aromatic carbocycles. The Morgan fingerprint density at radius 3 is 3.00 bits per heavy atom. The molecule has 0 amide bonds. The number of hydrogen-bond acceptors (Lipinski definition) is 7. The highest BCUT2D eigenvalue weighted by atomic mass is 32.1. The van der Waals surface area contributed by atoms with Crippen molar-refractivity contribution in [3.05, 3.63) is 47.3 Å². The fourth-order valence-electron chi connectivity index (χ4n) is 3.23. The highest BCUT2D eigenvalue weighted by Crippen LogP contribution is 2.40. The summed E-state index contributed by atoms with van der Waals surface area (Å²) in [5, 5.41) is 13.8. The molecular weight excluding hydrogens is 346 g/mol. The molecule has 0 spiro atoms. The van der Waals surface area contributed by atoms with Gasteiger partial charge in [-0.15, -0.1) is 11.3 Å². The molecule has 130 valence electrons. The van der Waals surface area contributed by atoms with E-state index in [1.807, 2.05) is 24.3 Å². The zero-order chi connectivity index (χ0) is 18.1. The summed E-state index contributed by atoms with van der Waals surface area (Å²) in [7, 11) is 1.65. The quantitative estimate of drug-likeness (QED) is 0.742. The van der Waals surface area contributed by atoms with E-state index in [4.69, 9.17) is 10.5 Å². The zero-order valence-corrected chi connectivity index (χ0v) is 15.1. The third-order valence-electron chi connectivity index (χ3n) is 4.45. The van der Waals surface area contributed by atoms with Crippen LogP contribution in [0.25, 0.3) is 21.0 Å². The lowest BCUT2D eigenvalue weighted by Gasteiger charge is -2.20. The minimum Gasteiger partial charge on any atom is -0.496 e. The van der Waals surface area contributed by atoms with Crippen LogP contribution < -0.4 is 15.8 Å². The van der Waals surface area contributed by atoms with E-state index in [0.29, 0.717) is 12.1 Å². The number of nitrogens with zero attached hydrogens (tertiary/aromatic N) is 3. The van der Waals surface area contributed by atoms with Crippen molar-refractivity contribution in [1.29, 1.82) is 5.26 Å². The van der Waals surface area contributed by atoms with Crippen molar-refractivity contribution in [3.8, 4) is 32.8 Å². The van der Waals surface area contributed by atoms with Gasteiger partial charge in [0.1, 0.15) is 28.2 Å². The molecule has 26 heavy (non-hydrogen) atoms. The van der Waals surface area contributed by atoms with Crippen molar-refractivity contribution in [2.45, 2.75) is 13.0 Å². The van der Waals surface area contributed by atoms with Gasteiger partial charge in [0, 0.05) is 37.0 Å². The number of anilines is 1. The number of thiazole rings is 1. The van der Waals surface area contributed by atoms with E-state index in [1.54, 1.807) is 13.3 Å². The molecule has 0 bridgehead atoms. The molecule has 6 nitrogen and oxygen atoms in total. The van der Waals surface area contributed by atoms with Crippen LogP contribution in [0.1, 0.15) is 16.8 Å². The molecule has 7 heteroatoms. The number of nitrogens with one attached hydrogen (secondary N) is 1. The first-order valence-electron chi connectivity index (χ1n) is 8.24. The number of nitriles is 1. The van der Waals surface area contributed by atoms with Crippen molar-refractivity contribution >= 4 is 17.2 Å². The molecule has 1 aliphatic heterocycles. The molecule has 1 aliphatic rings. The monoisotopic (exact) mass is 363 g/mol. The average molecular weight is 363 g/mol. The topological polar surface area (TPSA) is 96.8 Å². The Labute approximate surface area is 155 Å². The number of aromatic nitrogens is 2. The van der Waals surface area contributed by atoms with Crippen molar-refractivity contribution < 1.29 is 4.74 Å². The van der Waals surface area contributed by atoms with E-state index < -0.39 is 0 Å². The normalized spacial score (nSPS) is 13.1. The lowest BCUT2D eigenvalue weighted by Crippen LogP contribution is -2.26. The van der Waals surface area contributed by atoms with Crippen LogP contribution in [0.4, 0.5) is 5.82 Å². The molecule has 3 heterocycles. The number of rotatable bonds is 3. The summed E-state index contributed by atoms with van der Waals surface area (Å²) in [6, 6.07) is 9.99. The Morgan fingerprint density at radius 2 is 2.19 bits per heavy atom. The highest BCUT2D eigenvalue weighted by molar-refractivity contribution is 7.18. The first kappa shape index (κ1) is 16.5. The van der Waals surface area contributed by atoms with Crippen LogP contribution in [-0.4, -0.2) is 23.6 Å². The minimum atomic E-state index is 0.287. The summed E-state index contributed by atoms with van der Waals surface area (Å²) < 4.78 is 5.44. The van der Waals surface area contributed by atoms with Gasteiger partial charge in [-0.3, -0.25) is 0 Å². The standard InChI is InChI=1S/C19H17N5OS/c1-25-15-5-3-2-4-11(15)19-23-10-16(26-19)17-12(8-20)18(21)24-14-6-7-22-9-13(14)17/h2-5,10,22H,6-7,9H2,1H3,(H2,21,24). The Morgan fingerprint density at radius 1 is 1.35 bits per heavy atom. The van der Waals surface area contributed by atoms with Gasteiger partial charge in [-0.2, -0.15) is 5.26 Å². The average Bonchev–Trinajstić information content (AvgIpc) is 3.16. The van der Waals surface area contributed by atoms with E-state index >= 15 is 0 Å². The Kier molecular flexibility index (Phi) is 4.29. The summed E-state index contributed by atoms with van der Waals surface area (Å²) in [6.45, 7) is 1.54. The lowest BCUT2D eigenvalue weighted by atomic mass is 9.96. The maximum atomic E-state index is 9.64. The van der Waals surface area contributed by atoms with Gasteiger partial charge in [0.15, 0.2) is 0 Å². The number of nitrogen functional groups attached to an aromatic ring is 1. The van der Waals surface area contributed by atoms with Crippen LogP contribution in [0.2, 0.25) is 0 Å². The van der Waals surface area contributed by atoms with Gasteiger partial charge in [0.2, 0.25) is 0 Å². The fourth-order valence-corrected chi connectivity index (χ4v) is 4.26. The molecule has 4 rings (SSSR count). The lowest BCUT2D eigenvalue weighted by molar-refractivity contribution is 0.416. The molecule has 0 aliphatic carbocycles. The molecule has 0 atom stereocenters. The molecule has 3 aromatic rings. The largest absolute Gasteiger partial charge is 0.496 e. The van der Waals surface area contributed by atoms with Crippen LogP contribution in [-0.2, 0) is 13.0 Å². The maximum absolute atomic E-state index is 9.64. The number of ether oxygens (including phenoxy) is 1. The summed E-state index contributed by atoms with van der Waals surface area (Å²) in [4.78, 5) is 9.93. The van der Waals surface area contributed by atoms with Crippen LogP contribution in [0.5, 0.6) is 5.75 Å². The second-order valence-electron chi connectivity index (χ2n) is 5.94. The van der Waals surface area contributed by atoms with Gasteiger partial charge in [-0.25, -0.2) is 9.97 Å². The third kappa shape index (κ3) is 2.69. The van der Waals surface area contributed by atoms with Gasteiger partial charge in [0.05, 0.1) is 17.6 Å². The number of benzene rings is 1. The van der Waals surface area contributed by atoms with Crippen molar-refractivity contribution in [3.63, 3.8) is 0 Å². The predicted molar refractivity (Wildman–Crippen MR) is 102 cm³/mol. The van der Waals surface area contributed by atoms with Gasteiger partial charge in [-0.1, -0.05) is 12.1 Å². The van der Waals surface area contributed by atoms with E-state index in [2.05, 4.69) is 21.4 Å². The molecular formula is C19H17N5OS. The second-order valence-corrected chi connectivity index (χ2v) is 6.97. The molecule has 2 aromatic heterocycles. The maximum Gasteiger partial charge on any atom is 0.142 e. The summed E-state index contributed by atoms with van der Waals surface area (Å²) >= 11 is 1.53. The van der Waals surface area contributed by atoms with E-state index in [1.165, 1.54) is 11.3 Å². The number of fused-ring (bicyclic) bond motifs is 1. The van der Waals surface area contributed by atoms with Gasteiger partial charge < -0.3 is 15.8 Å². The van der Waals surface area contributed by atoms with Crippen molar-refractivity contribution in [2.75, 3.05) is 19.4 Å². The molecule has 0 radical (unpaired) electrons. The predicted octanol–water partition coefficient (Wildman–Crippen LogP) is 2.98. The Hall–Kier alpha value is -2.95. The number of nitrogens with two attached hydrogens (primary N) is 1. The highest BCUT2D eigenvalue weighted by Gasteiger charge is 2.23. The van der Waals surface area contributed by atoms with Crippen molar-refractivity contribution in [2.24, 2.45) is 0 Å². The van der Waals surface area contributed by atoms with Crippen LogP contribution >= 0.6 is 11.3 Å². The van der Waals surface area contributed by atoms with E-state index in [9.17, 15) is 5.26 Å². The number of hydrogen-bond donors (Lipinski definition) is 2. The zero-order valence-electron chi connectivity index (χ0n) is 14.2. The Bertz CT molecular complexity index is 1020. The Balaban J connectivity index is 1.89. The van der Waals surface area contributed by atoms with Crippen LogP contribution in [0.3, 0.4) is 0 Å².